The standard InChI is InChI=1S/C21H22N2O2/c1-14(16-11-10-15-6-2-3-7-17(15)12-16)22-21(24)13-19-18-8-4-5-9-20(18)25-23-19/h4-5,8-12,14H,2-3,6-7,13H2,1H3,(H,22,24)/t14-/m1/s1. The van der Waals surface area contributed by atoms with Crippen LogP contribution in [0.5, 0.6) is 0 Å². The molecule has 1 aromatic heterocycles. The fourth-order valence-electron chi connectivity index (χ4n) is 3.62. The van der Waals surface area contributed by atoms with Crippen LogP contribution >= 0.6 is 0 Å². The lowest BCUT2D eigenvalue weighted by Crippen LogP contribution is -2.28. The molecule has 1 amide bonds. The summed E-state index contributed by atoms with van der Waals surface area (Å²) < 4.78 is 5.27. The zero-order valence-corrected chi connectivity index (χ0v) is 14.4. The number of hydrogen-bond acceptors (Lipinski definition) is 3. The summed E-state index contributed by atoms with van der Waals surface area (Å²) in [6.07, 6.45) is 5.09. The van der Waals surface area contributed by atoms with Gasteiger partial charge in [0.1, 0.15) is 5.69 Å². The Balaban J connectivity index is 1.45. The first-order valence-electron chi connectivity index (χ1n) is 8.95. The van der Waals surface area contributed by atoms with Gasteiger partial charge in [0, 0.05) is 5.39 Å². The van der Waals surface area contributed by atoms with E-state index in [9.17, 15) is 4.79 Å². The Hall–Kier alpha value is -2.62. The average Bonchev–Trinajstić information content (AvgIpc) is 3.04. The maximum atomic E-state index is 12.4. The van der Waals surface area contributed by atoms with E-state index in [2.05, 4.69) is 28.7 Å². The van der Waals surface area contributed by atoms with Gasteiger partial charge in [0.2, 0.25) is 5.91 Å². The minimum Gasteiger partial charge on any atom is -0.356 e. The SMILES string of the molecule is C[C@@H](NC(=O)Cc1noc2ccccc12)c1ccc2c(c1)CCCC2. The molecule has 1 N–H and O–H groups in total. The lowest BCUT2D eigenvalue weighted by molar-refractivity contribution is -0.121. The van der Waals surface area contributed by atoms with Crippen LogP contribution in [0.25, 0.3) is 11.0 Å². The summed E-state index contributed by atoms with van der Waals surface area (Å²) in [7, 11) is 0. The number of aromatic nitrogens is 1. The van der Waals surface area contributed by atoms with Gasteiger partial charge in [0.25, 0.3) is 0 Å². The zero-order chi connectivity index (χ0) is 17.2. The second kappa shape index (κ2) is 6.71. The van der Waals surface area contributed by atoms with Crippen LogP contribution in [0.3, 0.4) is 0 Å². The molecule has 0 spiro atoms. The van der Waals surface area contributed by atoms with Crippen LogP contribution in [0, 0.1) is 0 Å². The van der Waals surface area contributed by atoms with Crippen molar-refractivity contribution in [2.75, 3.05) is 0 Å². The van der Waals surface area contributed by atoms with E-state index in [1.54, 1.807) is 0 Å². The Morgan fingerprint density at radius 3 is 2.84 bits per heavy atom. The third kappa shape index (κ3) is 3.29. The van der Waals surface area contributed by atoms with Crippen molar-refractivity contribution in [1.82, 2.24) is 10.5 Å². The van der Waals surface area contributed by atoms with Crippen LogP contribution in [-0.2, 0) is 24.1 Å². The fraction of sp³-hybridized carbons (Fsp3) is 0.333. The molecule has 0 fully saturated rings. The van der Waals surface area contributed by atoms with E-state index in [4.69, 9.17) is 4.52 Å². The van der Waals surface area contributed by atoms with Gasteiger partial charge >= 0.3 is 0 Å². The molecule has 0 bridgehead atoms. The van der Waals surface area contributed by atoms with Gasteiger partial charge in [-0.05, 0) is 61.4 Å². The monoisotopic (exact) mass is 334 g/mol. The topological polar surface area (TPSA) is 55.1 Å². The van der Waals surface area contributed by atoms with Gasteiger partial charge in [0.15, 0.2) is 5.58 Å². The molecule has 4 nitrogen and oxygen atoms in total. The first-order valence-corrected chi connectivity index (χ1v) is 8.95. The highest BCUT2D eigenvalue weighted by atomic mass is 16.5. The fourth-order valence-corrected chi connectivity index (χ4v) is 3.62. The van der Waals surface area contributed by atoms with Crippen molar-refractivity contribution in [3.05, 3.63) is 64.8 Å². The molecule has 3 aromatic rings. The first-order chi connectivity index (χ1) is 12.2. The van der Waals surface area contributed by atoms with E-state index < -0.39 is 0 Å². The number of rotatable bonds is 4. The molecule has 4 heteroatoms. The lowest BCUT2D eigenvalue weighted by atomic mass is 9.89. The molecular formula is C21H22N2O2. The van der Waals surface area contributed by atoms with Crippen molar-refractivity contribution >= 4 is 16.9 Å². The molecule has 0 radical (unpaired) electrons. The number of nitrogens with zero attached hydrogens (tertiary/aromatic N) is 1. The van der Waals surface area contributed by atoms with E-state index in [1.165, 1.54) is 36.0 Å². The predicted octanol–water partition coefficient (Wildman–Crippen LogP) is 4.13. The minimum absolute atomic E-state index is 0.0158. The minimum atomic E-state index is -0.0377. The van der Waals surface area contributed by atoms with Crippen LogP contribution in [-0.4, -0.2) is 11.1 Å². The number of amides is 1. The molecule has 25 heavy (non-hydrogen) atoms. The number of carbonyl (C=O) groups is 1. The lowest BCUT2D eigenvalue weighted by Gasteiger charge is -2.20. The largest absolute Gasteiger partial charge is 0.356 e. The van der Waals surface area contributed by atoms with E-state index in [0.717, 1.165) is 11.8 Å². The van der Waals surface area contributed by atoms with Gasteiger partial charge < -0.3 is 9.84 Å². The molecule has 0 unspecified atom stereocenters. The summed E-state index contributed by atoms with van der Waals surface area (Å²) in [5, 5.41) is 8.02. The van der Waals surface area contributed by atoms with Crippen LogP contribution in [0.2, 0.25) is 0 Å². The highest BCUT2D eigenvalue weighted by Gasteiger charge is 2.16. The molecule has 4 rings (SSSR count). The van der Waals surface area contributed by atoms with Crippen molar-refractivity contribution in [2.45, 2.75) is 45.1 Å². The van der Waals surface area contributed by atoms with E-state index in [1.807, 2.05) is 31.2 Å². The molecule has 128 valence electrons. The Kier molecular flexibility index (Phi) is 4.26. The quantitative estimate of drug-likeness (QED) is 0.780. The Bertz CT molecular complexity index is 913. The highest BCUT2D eigenvalue weighted by molar-refractivity contribution is 5.86. The third-order valence-corrected chi connectivity index (χ3v) is 5.03. The third-order valence-electron chi connectivity index (χ3n) is 5.03. The van der Waals surface area contributed by atoms with Gasteiger partial charge in [-0.25, -0.2) is 0 Å². The van der Waals surface area contributed by atoms with Crippen molar-refractivity contribution in [2.24, 2.45) is 0 Å². The second-order valence-corrected chi connectivity index (χ2v) is 6.83. The Morgan fingerprint density at radius 1 is 1.16 bits per heavy atom. The maximum Gasteiger partial charge on any atom is 0.226 e. The molecule has 1 aliphatic carbocycles. The Labute approximate surface area is 147 Å². The molecule has 0 saturated heterocycles. The van der Waals surface area contributed by atoms with E-state index in [0.29, 0.717) is 11.3 Å². The van der Waals surface area contributed by atoms with Gasteiger partial charge in [0.05, 0.1) is 12.5 Å². The second-order valence-electron chi connectivity index (χ2n) is 6.83. The molecule has 0 aliphatic heterocycles. The number of aryl methyl sites for hydroxylation is 2. The summed E-state index contributed by atoms with van der Waals surface area (Å²) in [5.74, 6) is -0.0377. The molecule has 1 aliphatic rings. The highest BCUT2D eigenvalue weighted by Crippen LogP contribution is 2.25. The number of benzene rings is 2. The van der Waals surface area contributed by atoms with E-state index in [-0.39, 0.29) is 18.4 Å². The van der Waals surface area contributed by atoms with Crippen LogP contribution < -0.4 is 5.32 Å². The van der Waals surface area contributed by atoms with Gasteiger partial charge in [-0.15, -0.1) is 0 Å². The molecule has 0 saturated carbocycles. The summed E-state index contributed by atoms with van der Waals surface area (Å²) in [4.78, 5) is 12.4. The van der Waals surface area contributed by atoms with Crippen molar-refractivity contribution in [3.8, 4) is 0 Å². The predicted molar refractivity (Wildman–Crippen MR) is 97.4 cm³/mol. The summed E-state index contributed by atoms with van der Waals surface area (Å²) in [6, 6.07) is 14.2. The first kappa shape index (κ1) is 15.9. The Morgan fingerprint density at radius 2 is 1.96 bits per heavy atom. The van der Waals surface area contributed by atoms with Gasteiger partial charge in [-0.3, -0.25) is 4.79 Å². The molecule has 1 atom stereocenters. The van der Waals surface area contributed by atoms with E-state index >= 15 is 0 Å². The zero-order valence-electron chi connectivity index (χ0n) is 14.4. The smallest absolute Gasteiger partial charge is 0.226 e. The number of nitrogens with one attached hydrogen (secondary N) is 1. The van der Waals surface area contributed by atoms with Crippen LogP contribution in [0.15, 0.2) is 47.0 Å². The maximum absolute atomic E-state index is 12.4. The van der Waals surface area contributed by atoms with Crippen LogP contribution in [0.4, 0.5) is 0 Å². The molecule has 2 aromatic carbocycles. The number of fused-ring (bicyclic) bond motifs is 2. The molecule has 1 heterocycles. The summed E-state index contributed by atoms with van der Waals surface area (Å²) in [5.41, 5.74) is 5.47. The van der Waals surface area contributed by atoms with Gasteiger partial charge in [-0.1, -0.05) is 35.5 Å². The summed E-state index contributed by atoms with van der Waals surface area (Å²) >= 11 is 0. The number of hydrogen-bond donors (Lipinski definition) is 1. The van der Waals surface area contributed by atoms with Crippen molar-refractivity contribution < 1.29 is 9.32 Å². The normalized spacial score (nSPS) is 14.9. The van der Waals surface area contributed by atoms with Gasteiger partial charge in [-0.2, -0.15) is 0 Å². The molecular weight excluding hydrogens is 312 g/mol. The number of carbonyl (C=O) groups excluding carboxylic acids is 1. The van der Waals surface area contributed by atoms with Crippen molar-refractivity contribution in [1.29, 1.82) is 0 Å². The summed E-state index contributed by atoms with van der Waals surface area (Å²) in [6.45, 7) is 2.03. The van der Waals surface area contributed by atoms with Crippen LogP contribution in [0.1, 0.15) is 48.2 Å². The average molecular weight is 334 g/mol. The number of para-hydroxylation sites is 1. The van der Waals surface area contributed by atoms with Crippen molar-refractivity contribution in [3.63, 3.8) is 0 Å².